The molecule has 0 aliphatic carbocycles. The summed E-state index contributed by atoms with van der Waals surface area (Å²) in [6, 6.07) is 9.16. The van der Waals surface area contributed by atoms with Gasteiger partial charge in [0.15, 0.2) is 11.5 Å². The van der Waals surface area contributed by atoms with Gasteiger partial charge in [-0.25, -0.2) is 0 Å². The van der Waals surface area contributed by atoms with E-state index >= 15 is 0 Å². The van der Waals surface area contributed by atoms with Crippen molar-refractivity contribution in [1.82, 2.24) is 0 Å². The Balaban J connectivity index is 2.69. The van der Waals surface area contributed by atoms with E-state index in [1.807, 2.05) is 24.3 Å². The minimum atomic E-state index is -0.825. The monoisotopic (exact) mass is 330 g/mol. The van der Waals surface area contributed by atoms with Crippen LogP contribution in [0.3, 0.4) is 0 Å². The number of rotatable bonds is 7. The average molecular weight is 330 g/mol. The molecule has 5 nitrogen and oxygen atoms in total. The van der Waals surface area contributed by atoms with E-state index in [0.29, 0.717) is 28.6 Å². The predicted octanol–water partition coefficient (Wildman–Crippen LogP) is 3.61. The number of ether oxygens (including phenoxy) is 4. The van der Waals surface area contributed by atoms with Crippen LogP contribution in [0, 0.1) is 0 Å². The normalized spacial score (nSPS) is 11.5. The van der Waals surface area contributed by atoms with E-state index in [1.165, 1.54) is 6.08 Å². The van der Waals surface area contributed by atoms with Gasteiger partial charge < -0.3 is 24.1 Å². The van der Waals surface area contributed by atoms with Crippen molar-refractivity contribution >= 4 is 0 Å². The van der Waals surface area contributed by atoms with Crippen LogP contribution in [-0.2, 0) is 0 Å². The maximum Gasteiger partial charge on any atom is 0.203 e. The third-order valence-electron chi connectivity index (χ3n) is 3.78. The van der Waals surface area contributed by atoms with Gasteiger partial charge in [-0.2, -0.15) is 0 Å². The van der Waals surface area contributed by atoms with E-state index in [-0.39, 0.29) is 0 Å². The molecule has 128 valence electrons. The maximum absolute atomic E-state index is 10.3. The highest BCUT2D eigenvalue weighted by molar-refractivity contribution is 5.74. The van der Waals surface area contributed by atoms with Crippen molar-refractivity contribution in [2.45, 2.75) is 6.10 Å². The van der Waals surface area contributed by atoms with Crippen molar-refractivity contribution in [3.63, 3.8) is 0 Å². The van der Waals surface area contributed by atoms with Crippen molar-refractivity contribution < 1.29 is 24.1 Å². The Morgan fingerprint density at radius 3 is 2.00 bits per heavy atom. The zero-order valence-electron chi connectivity index (χ0n) is 14.3. The first kappa shape index (κ1) is 17.7. The standard InChI is InChI=1S/C19H22O5/c1-6-16(20)15-11-13(21-2)7-8-14(15)12-9-17(22-3)19(24-5)18(10-12)23-4/h6-11,16,20H,1H2,2-5H3. The minimum Gasteiger partial charge on any atom is -0.497 e. The largest absolute Gasteiger partial charge is 0.497 e. The molecule has 0 saturated carbocycles. The summed E-state index contributed by atoms with van der Waals surface area (Å²) in [5, 5.41) is 10.3. The van der Waals surface area contributed by atoms with Crippen LogP contribution >= 0.6 is 0 Å². The first-order chi connectivity index (χ1) is 11.6. The van der Waals surface area contributed by atoms with Crippen LogP contribution in [-0.4, -0.2) is 33.5 Å². The molecule has 1 N–H and O–H groups in total. The van der Waals surface area contributed by atoms with E-state index < -0.39 is 6.10 Å². The van der Waals surface area contributed by atoms with Crippen molar-refractivity contribution in [3.8, 4) is 34.1 Å². The van der Waals surface area contributed by atoms with E-state index in [2.05, 4.69) is 6.58 Å². The lowest BCUT2D eigenvalue weighted by Gasteiger charge is -2.18. The molecule has 0 spiro atoms. The summed E-state index contributed by atoms with van der Waals surface area (Å²) in [4.78, 5) is 0. The molecule has 1 atom stereocenters. The van der Waals surface area contributed by atoms with Crippen molar-refractivity contribution in [3.05, 3.63) is 48.6 Å². The van der Waals surface area contributed by atoms with Crippen molar-refractivity contribution in [2.24, 2.45) is 0 Å². The number of aliphatic hydroxyl groups excluding tert-OH is 1. The highest BCUT2D eigenvalue weighted by Gasteiger charge is 2.18. The van der Waals surface area contributed by atoms with Gasteiger partial charge in [0.2, 0.25) is 5.75 Å². The first-order valence-corrected chi connectivity index (χ1v) is 7.38. The molecule has 0 heterocycles. The quantitative estimate of drug-likeness (QED) is 0.786. The van der Waals surface area contributed by atoms with Gasteiger partial charge >= 0.3 is 0 Å². The Morgan fingerprint density at radius 2 is 1.54 bits per heavy atom. The fraction of sp³-hybridized carbons (Fsp3) is 0.263. The number of benzene rings is 2. The van der Waals surface area contributed by atoms with Crippen molar-refractivity contribution in [1.29, 1.82) is 0 Å². The zero-order chi connectivity index (χ0) is 17.7. The molecule has 1 unspecified atom stereocenters. The van der Waals surface area contributed by atoms with Gasteiger partial charge in [0.1, 0.15) is 5.75 Å². The smallest absolute Gasteiger partial charge is 0.203 e. The Labute approximate surface area is 142 Å². The molecular weight excluding hydrogens is 308 g/mol. The lowest BCUT2D eigenvalue weighted by molar-refractivity contribution is 0.229. The first-order valence-electron chi connectivity index (χ1n) is 7.38. The highest BCUT2D eigenvalue weighted by Crippen LogP contribution is 2.43. The molecule has 0 amide bonds. The van der Waals surface area contributed by atoms with E-state index in [9.17, 15) is 5.11 Å². The molecule has 5 heteroatoms. The predicted molar refractivity (Wildman–Crippen MR) is 93.2 cm³/mol. The summed E-state index contributed by atoms with van der Waals surface area (Å²) >= 11 is 0. The van der Waals surface area contributed by atoms with Crippen LogP contribution in [0.4, 0.5) is 0 Å². The fourth-order valence-electron chi connectivity index (χ4n) is 2.54. The van der Waals surface area contributed by atoms with Crippen LogP contribution in [0.15, 0.2) is 43.0 Å². The third-order valence-corrected chi connectivity index (χ3v) is 3.78. The minimum absolute atomic E-state index is 0.517. The number of methoxy groups -OCH3 is 4. The fourth-order valence-corrected chi connectivity index (χ4v) is 2.54. The van der Waals surface area contributed by atoms with Crippen LogP contribution < -0.4 is 18.9 Å². The summed E-state index contributed by atoms with van der Waals surface area (Å²) in [7, 11) is 6.27. The average Bonchev–Trinajstić information content (AvgIpc) is 2.65. The lowest BCUT2D eigenvalue weighted by Crippen LogP contribution is -2.00. The second-order valence-corrected chi connectivity index (χ2v) is 5.05. The molecule has 0 saturated heterocycles. The maximum atomic E-state index is 10.3. The topological polar surface area (TPSA) is 57.2 Å². The zero-order valence-corrected chi connectivity index (χ0v) is 14.3. The molecule has 2 rings (SSSR count). The molecule has 0 bridgehead atoms. The number of hydrogen-bond acceptors (Lipinski definition) is 5. The van der Waals surface area contributed by atoms with E-state index in [1.54, 1.807) is 34.5 Å². The third kappa shape index (κ3) is 3.31. The Morgan fingerprint density at radius 1 is 0.917 bits per heavy atom. The summed E-state index contributed by atoms with van der Waals surface area (Å²) in [5.41, 5.74) is 2.32. The van der Waals surface area contributed by atoms with E-state index in [0.717, 1.165) is 11.1 Å². The molecule has 0 aromatic heterocycles. The summed E-state index contributed by atoms with van der Waals surface area (Å²) in [6.07, 6.45) is 0.644. The van der Waals surface area contributed by atoms with Gasteiger partial charge in [0, 0.05) is 0 Å². The van der Waals surface area contributed by atoms with Gasteiger partial charge in [-0.1, -0.05) is 12.1 Å². The highest BCUT2D eigenvalue weighted by atomic mass is 16.5. The molecule has 24 heavy (non-hydrogen) atoms. The van der Waals surface area contributed by atoms with Gasteiger partial charge in [-0.3, -0.25) is 0 Å². The van der Waals surface area contributed by atoms with Crippen LogP contribution in [0.2, 0.25) is 0 Å². The Kier molecular flexibility index (Phi) is 5.71. The SMILES string of the molecule is C=CC(O)c1cc(OC)ccc1-c1cc(OC)c(OC)c(OC)c1. The van der Waals surface area contributed by atoms with Gasteiger partial charge in [-0.15, -0.1) is 6.58 Å². The van der Waals surface area contributed by atoms with Crippen LogP contribution in [0.5, 0.6) is 23.0 Å². The number of hydrogen-bond donors (Lipinski definition) is 1. The second kappa shape index (κ2) is 7.75. The van der Waals surface area contributed by atoms with Crippen LogP contribution in [0.1, 0.15) is 11.7 Å². The van der Waals surface area contributed by atoms with Gasteiger partial charge in [0.25, 0.3) is 0 Å². The molecule has 0 aliphatic rings. The second-order valence-electron chi connectivity index (χ2n) is 5.05. The van der Waals surface area contributed by atoms with Gasteiger partial charge in [-0.05, 0) is 41.0 Å². The summed E-state index contributed by atoms with van der Waals surface area (Å²) < 4.78 is 21.4. The lowest BCUT2D eigenvalue weighted by atomic mass is 9.95. The molecule has 0 aliphatic heterocycles. The van der Waals surface area contributed by atoms with Crippen molar-refractivity contribution in [2.75, 3.05) is 28.4 Å². The molecule has 0 radical (unpaired) electrons. The number of aliphatic hydroxyl groups is 1. The Hall–Kier alpha value is -2.66. The van der Waals surface area contributed by atoms with E-state index in [4.69, 9.17) is 18.9 Å². The molecule has 0 fully saturated rings. The van der Waals surface area contributed by atoms with Gasteiger partial charge in [0.05, 0.1) is 34.5 Å². The molecule has 2 aromatic carbocycles. The molecule has 2 aromatic rings. The molecular formula is C19H22O5. The van der Waals surface area contributed by atoms with Crippen LogP contribution in [0.25, 0.3) is 11.1 Å². The Bertz CT molecular complexity index is 699. The summed E-state index contributed by atoms with van der Waals surface area (Å²) in [6.45, 7) is 3.66. The summed E-state index contributed by atoms with van der Waals surface area (Å²) in [5.74, 6) is 2.26.